The minimum atomic E-state index is -0.804. The molecular weight excluding hydrogens is 320 g/mol. The van der Waals surface area contributed by atoms with Gasteiger partial charge in [-0.2, -0.15) is 0 Å². The first-order chi connectivity index (χ1) is 11.9. The van der Waals surface area contributed by atoms with Gasteiger partial charge >= 0.3 is 0 Å². The average Bonchev–Trinajstić information content (AvgIpc) is 2.55. The van der Waals surface area contributed by atoms with Gasteiger partial charge in [-0.15, -0.1) is 0 Å². The van der Waals surface area contributed by atoms with Gasteiger partial charge in [-0.3, -0.25) is 4.79 Å². The van der Waals surface area contributed by atoms with E-state index in [0.29, 0.717) is 17.6 Å². The van der Waals surface area contributed by atoms with Crippen LogP contribution in [0.4, 0.5) is 0 Å². The molecule has 0 spiro atoms. The van der Waals surface area contributed by atoms with E-state index in [1.165, 1.54) is 18.4 Å². The molecule has 1 aromatic carbocycles. The Morgan fingerprint density at radius 1 is 1.20 bits per heavy atom. The van der Waals surface area contributed by atoms with Gasteiger partial charge in [-0.1, -0.05) is 24.3 Å². The fourth-order valence-corrected chi connectivity index (χ4v) is 4.08. The smallest absolute Gasteiger partial charge is 0.175 e. The number of hydrogen-bond donors (Lipinski definition) is 2. The van der Waals surface area contributed by atoms with Gasteiger partial charge in [0, 0.05) is 12.3 Å². The Morgan fingerprint density at radius 3 is 2.64 bits per heavy atom. The van der Waals surface area contributed by atoms with Crippen LogP contribution in [-0.4, -0.2) is 39.9 Å². The van der Waals surface area contributed by atoms with Crippen molar-refractivity contribution in [2.75, 3.05) is 0 Å². The summed E-state index contributed by atoms with van der Waals surface area (Å²) in [5.74, 6) is -0.641. The molecule has 0 bridgehead atoms. The number of ketones is 1. The molecule has 3 aliphatic rings. The van der Waals surface area contributed by atoms with Crippen LogP contribution in [0.5, 0.6) is 5.75 Å². The molecular formula is C20H22O5. The molecule has 0 aromatic heterocycles. The first-order valence-corrected chi connectivity index (χ1v) is 8.60. The molecule has 1 aliphatic carbocycles. The van der Waals surface area contributed by atoms with E-state index in [-0.39, 0.29) is 29.2 Å². The van der Waals surface area contributed by atoms with Crippen LogP contribution in [0.3, 0.4) is 0 Å². The van der Waals surface area contributed by atoms with Gasteiger partial charge in [0.1, 0.15) is 11.9 Å². The Morgan fingerprint density at radius 2 is 1.92 bits per heavy atom. The van der Waals surface area contributed by atoms with Gasteiger partial charge < -0.3 is 19.7 Å². The number of fused-ring (bicyclic) bond motifs is 3. The summed E-state index contributed by atoms with van der Waals surface area (Å²) >= 11 is 0. The maximum atomic E-state index is 13.0. The van der Waals surface area contributed by atoms with Crippen LogP contribution in [0.15, 0.2) is 42.7 Å². The van der Waals surface area contributed by atoms with E-state index >= 15 is 0 Å². The summed E-state index contributed by atoms with van der Waals surface area (Å²) in [5.41, 5.74) is 0.728. The number of aliphatic hydroxyl groups is 1. The summed E-state index contributed by atoms with van der Waals surface area (Å²) in [6.45, 7) is 3.96. The number of benzene rings is 1. The summed E-state index contributed by atoms with van der Waals surface area (Å²) in [6.07, 6.45) is 4.57. The number of allylic oxidation sites excluding steroid dienone is 1. The molecule has 132 valence electrons. The molecule has 1 saturated carbocycles. The van der Waals surface area contributed by atoms with E-state index in [0.717, 1.165) is 0 Å². The van der Waals surface area contributed by atoms with Crippen molar-refractivity contribution in [2.24, 2.45) is 11.8 Å². The Balaban J connectivity index is 1.67. The Labute approximate surface area is 146 Å². The van der Waals surface area contributed by atoms with Gasteiger partial charge in [-0.05, 0) is 31.5 Å². The number of rotatable bonds is 1. The number of phenols is 1. The maximum absolute atomic E-state index is 13.0. The van der Waals surface area contributed by atoms with Crippen LogP contribution in [0, 0.1) is 11.8 Å². The van der Waals surface area contributed by atoms with Gasteiger partial charge in [0.2, 0.25) is 0 Å². The quantitative estimate of drug-likeness (QED) is 0.767. The molecule has 5 atom stereocenters. The zero-order valence-electron chi connectivity index (χ0n) is 14.3. The van der Waals surface area contributed by atoms with Crippen molar-refractivity contribution in [3.05, 3.63) is 48.2 Å². The maximum Gasteiger partial charge on any atom is 0.175 e. The highest BCUT2D eigenvalue weighted by molar-refractivity contribution is 6.22. The molecule has 0 radical (unpaired) electrons. The topological polar surface area (TPSA) is 76.0 Å². The number of aliphatic hydroxyl groups excluding tert-OH is 1. The SMILES string of the molecule is CC1(C)C=CC2C(CC(O)C3C(=O)C(c4ccc(O)cc4)=COC23)O1. The highest BCUT2D eigenvalue weighted by atomic mass is 16.5. The lowest BCUT2D eigenvalue weighted by Gasteiger charge is -2.48. The van der Waals surface area contributed by atoms with E-state index < -0.39 is 18.1 Å². The summed E-state index contributed by atoms with van der Waals surface area (Å²) in [5, 5.41) is 20.0. The van der Waals surface area contributed by atoms with Gasteiger partial charge in [-0.25, -0.2) is 0 Å². The Kier molecular flexibility index (Phi) is 3.74. The summed E-state index contributed by atoms with van der Waals surface area (Å²) in [6, 6.07) is 6.41. The van der Waals surface area contributed by atoms with E-state index in [4.69, 9.17) is 9.47 Å². The third kappa shape index (κ3) is 2.77. The lowest BCUT2D eigenvalue weighted by Crippen LogP contribution is -2.57. The molecule has 5 nitrogen and oxygen atoms in total. The molecule has 2 heterocycles. The molecule has 5 heteroatoms. The largest absolute Gasteiger partial charge is 0.508 e. The van der Waals surface area contributed by atoms with Gasteiger partial charge in [0.25, 0.3) is 0 Å². The molecule has 5 unspecified atom stereocenters. The molecule has 0 amide bonds. The van der Waals surface area contributed by atoms with E-state index in [2.05, 4.69) is 6.08 Å². The lowest BCUT2D eigenvalue weighted by atomic mass is 9.69. The lowest BCUT2D eigenvalue weighted by molar-refractivity contribution is -0.169. The third-order valence-electron chi connectivity index (χ3n) is 5.32. The van der Waals surface area contributed by atoms with Crippen LogP contribution in [0.1, 0.15) is 25.8 Å². The molecule has 1 aromatic rings. The fraction of sp³-hybridized carbons (Fsp3) is 0.450. The molecule has 25 heavy (non-hydrogen) atoms. The number of ether oxygens (including phenoxy) is 2. The van der Waals surface area contributed by atoms with Crippen molar-refractivity contribution in [2.45, 2.75) is 44.2 Å². The average molecular weight is 342 g/mol. The second-order valence-electron chi connectivity index (χ2n) is 7.57. The number of aromatic hydroxyl groups is 1. The van der Waals surface area contributed by atoms with Crippen molar-refractivity contribution >= 4 is 11.4 Å². The Hall–Kier alpha value is -2.11. The molecule has 4 rings (SSSR count). The minimum Gasteiger partial charge on any atom is -0.508 e. The van der Waals surface area contributed by atoms with Crippen LogP contribution in [0.2, 0.25) is 0 Å². The molecule has 2 aliphatic heterocycles. The summed E-state index contributed by atoms with van der Waals surface area (Å²) in [4.78, 5) is 13.0. The minimum absolute atomic E-state index is 0.0528. The second-order valence-corrected chi connectivity index (χ2v) is 7.57. The highest BCUT2D eigenvalue weighted by Gasteiger charge is 2.52. The molecule has 1 fully saturated rings. The summed E-state index contributed by atoms with van der Waals surface area (Å²) < 4.78 is 12.0. The van der Waals surface area contributed by atoms with Crippen molar-refractivity contribution in [3.63, 3.8) is 0 Å². The van der Waals surface area contributed by atoms with Crippen molar-refractivity contribution in [1.82, 2.24) is 0 Å². The van der Waals surface area contributed by atoms with Gasteiger partial charge in [0.15, 0.2) is 5.78 Å². The van der Waals surface area contributed by atoms with Crippen LogP contribution >= 0.6 is 0 Å². The van der Waals surface area contributed by atoms with Crippen molar-refractivity contribution in [3.8, 4) is 5.75 Å². The number of phenolic OH excluding ortho intramolecular Hbond substituents is 1. The number of carbonyl (C=O) groups excluding carboxylic acids is 1. The number of Topliss-reactive ketones (excluding diaryl/α,β-unsaturated/α-hetero) is 1. The predicted octanol–water partition coefficient (Wildman–Crippen LogP) is 2.43. The standard InChI is InChI=1S/C20H22O5/c1-20(2)8-7-13-16(25-20)9-15(22)17-18(23)14(10-24-19(13)17)11-3-5-12(21)6-4-11/h3-8,10,13,15-17,19,21-22H,9H2,1-2H3. The number of carbonyl (C=O) groups is 1. The fourth-order valence-electron chi connectivity index (χ4n) is 4.08. The second kappa shape index (κ2) is 5.71. The normalized spacial score (nSPS) is 36.0. The zero-order chi connectivity index (χ0) is 17.8. The van der Waals surface area contributed by atoms with Crippen LogP contribution in [0.25, 0.3) is 5.57 Å². The van der Waals surface area contributed by atoms with Gasteiger partial charge in [0.05, 0.1) is 35.6 Å². The van der Waals surface area contributed by atoms with E-state index in [1.54, 1.807) is 12.1 Å². The predicted molar refractivity (Wildman–Crippen MR) is 91.7 cm³/mol. The summed E-state index contributed by atoms with van der Waals surface area (Å²) in [7, 11) is 0. The monoisotopic (exact) mass is 342 g/mol. The molecule has 0 saturated heterocycles. The third-order valence-corrected chi connectivity index (χ3v) is 5.32. The first-order valence-electron chi connectivity index (χ1n) is 8.60. The number of hydrogen-bond acceptors (Lipinski definition) is 5. The Bertz CT molecular complexity index is 746. The van der Waals surface area contributed by atoms with E-state index in [9.17, 15) is 15.0 Å². The van der Waals surface area contributed by atoms with Crippen molar-refractivity contribution < 1.29 is 24.5 Å². The zero-order valence-corrected chi connectivity index (χ0v) is 14.3. The van der Waals surface area contributed by atoms with E-state index in [1.807, 2.05) is 19.9 Å². The van der Waals surface area contributed by atoms with Crippen LogP contribution < -0.4 is 0 Å². The highest BCUT2D eigenvalue weighted by Crippen LogP contribution is 2.44. The first kappa shape index (κ1) is 16.4. The van der Waals surface area contributed by atoms with Crippen LogP contribution in [-0.2, 0) is 14.3 Å². The molecule has 2 N–H and O–H groups in total. The van der Waals surface area contributed by atoms with Crippen molar-refractivity contribution in [1.29, 1.82) is 0 Å².